The number of nitrogens with one attached hydrogen (secondary N) is 1. The lowest BCUT2D eigenvalue weighted by Gasteiger charge is -2.26. The Morgan fingerprint density at radius 1 is 1.30 bits per heavy atom. The number of aliphatic carboxylic acids is 1. The van der Waals surface area contributed by atoms with Gasteiger partial charge in [-0.2, -0.15) is 0 Å². The van der Waals surface area contributed by atoms with Crippen molar-refractivity contribution in [3.63, 3.8) is 0 Å². The van der Waals surface area contributed by atoms with Crippen molar-refractivity contribution in [3.8, 4) is 11.5 Å². The molecular weight excluding hydrogens is 258 g/mol. The van der Waals surface area contributed by atoms with Crippen molar-refractivity contribution in [1.29, 1.82) is 0 Å². The van der Waals surface area contributed by atoms with E-state index in [1.165, 1.54) is 0 Å². The standard InChI is InChI=1S/C15H23NO4/c1-4-9-16-15(3,14(17)18)11-20-13-8-6-7-12(10-13)19-5-2/h6-8,10,16H,4-5,9,11H2,1-3H3,(H,17,18). The van der Waals surface area contributed by atoms with Gasteiger partial charge in [-0.15, -0.1) is 0 Å². The van der Waals surface area contributed by atoms with Crippen LogP contribution in [0, 0.1) is 0 Å². The monoisotopic (exact) mass is 281 g/mol. The predicted octanol–water partition coefficient (Wildman–Crippen LogP) is 2.31. The molecule has 112 valence electrons. The maximum absolute atomic E-state index is 11.4. The second kappa shape index (κ2) is 7.75. The summed E-state index contributed by atoms with van der Waals surface area (Å²) in [6.07, 6.45) is 0.864. The van der Waals surface area contributed by atoms with Crippen molar-refractivity contribution < 1.29 is 19.4 Å². The molecule has 0 heterocycles. The molecule has 0 aliphatic heterocycles. The average molecular weight is 281 g/mol. The van der Waals surface area contributed by atoms with Gasteiger partial charge in [-0.25, -0.2) is 0 Å². The molecule has 5 nitrogen and oxygen atoms in total. The predicted molar refractivity (Wildman–Crippen MR) is 77.4 cm³/mol. The lowest BCUT2D eigenvalue weighted by molar-refractivity contribution is -0.145. The third kappa shape index (κ3) is 4.74. The largest absolute Gasteiger partial charge is 0.494 e. The normalized spacial score (nSPS) is 13.6. The molecule has 0 amide bonds. The molecule has 1 atom stereocenters. The highest BCUT2D eigenvalue weighted by atomic mass is 16.5. The van der Waals surface area contributed by atoms with Crippen LogP contribution in [-0.2, 0) is 4.79 Å². The number of carboxylic acids is 1. The molecule has 0 fully saturated rings. The molecule has 1 aromatic rings. The van der Waals surface area contributed by atoms with Crippen LogP contribution in [0.15, 0.2) is 24.3 Å². The summed E-state index contributed by atoms with van der Waals surface area (Å²) in [5.41, 5.74) is -1.10. The van der Waals surface area contributed by atoms with Crippen LogP contribution in [0.1, 0.15) is 27.2 Å². The summed E-state index contributed by atoms with van der Waals surface area (Å²) >= 11 is 0. The Labute approximate surface area is 119 Å². The Hall–Kier alpha value is -1.75. The summed E-state index contributed by atoms with van der Waals surface area (Å²) in [5, 5.41) is 12.3. The van der Waals surface area contributed by atoms with Crippen molar-refractivity contribution in [2.75, 3.05) is 19.8 Å². The molecule has 0 bridgehead atoms. The fourth-order valence-corrected chi connectivity index (χ4v) is 1.64. The molecular formula is C15H23NO4. The van der Waals surface area contributed by atoms with Crippen LogP contribution in [0.5, 0.6) is 11.5 Å². The maximum atomic E-state index is 11.4. The summed E-state index contributed by atoms with van der Waals surface area (Å²) in [6.45, 7) is 6.78. The first-order valence-electron chi connectivity index (χ1n) is 6.86. The van der Waals surface area contributed by atoms with Gasteiger partial charge in [0.1, 0.15) is 23.6 Å². The van der Waals surface area contributed by atoms with Crippen LogP contribution in [-0.4, -0.2) is 36.4 Å². The Bertz CT molecular complexity index is 436. The van der Waals surface area contributed by atoms with Gasteiger partial charge in [0.2, 0.25) is 0 Å². The molecule has 0 radical (unpaired) electrons. The Kier molecular flexibility index (Phi) is 6.31. The fourth-order valence-electron chi connectivity index (χ4n) is 1.64. The van der Waals surface area contributed by atoms with E-state index < -0.39 is 11.5 Å². The Morgan fingerprint density at radius 2 is 1.95 bits per heavy atom. The molecule has 2 N–H and O–H groups in total. The molecule has 0 saturated carbocycles. The highest BCUT2D eigenvalue weighted by Crippen LogP contribution is 2.20. The van der Waals surface area contributed by atoms with Gasteiger partial charge in [0, 0.05) is 6.07 Å². The highest BCUT2D eigenvalue weighted by Gasteiger charge is 2.33. The summed E-state index contributed by atoms with van der Waals surface area (Å²) < 4.78 is 11.0. The van der Waals surface area contributed by atoms with Gasteiger partial charge in [-0.3, -0.25) is 10.1 Å². The molecule has 0 spiro atoms. The topological polar surface area (TPSA) is 67.8 Å². The number of carboxylic acid groups (broad SMARTS) is 1. The zero-order chi connectivity index (χ0) is 15.0. The summed E-state index contributed by atoms with van der Waals surface area (Å²) in [4.78, 5) is 11.4. The molecule has 0 aliphatic rings. The van der Waals surface area contributed by atoms with E-state index in [0.29, 0.717) is 24.7 Å². The molecule has 0 aliphatic carbocycles. The van der Waals surface area contributed by atoms with Gasteiger partial charge in [0.25, 0.3) is 0 Å². The van der Waals surface area contributed by atoms with Crippen molar-refractivity contribution in [2.24, 2.45) is 0 Å². The van der Waals surface area contributed by atoms with E-state index in [4.69, 9.17) is 9.47 Å². The van der Waals surface area contributed by atoms with Crippen molar-refractivity contribution in [2.45, 2.75) is 32.7 Å². The molecule has 1 unspecified atom stereocenters. The van der Waals surface area contributed by atoms with E-state index in [9.17, 15) is 9.90 Å². The minimum Gasteiger partial charge on any atom is -0.494 e. The molecule has 1 rings (SSSR count). The van der Waals surface area contributed by atoms with Crippen LogP contribution in [0.4, 0.5) is 0 Å². The highest BCUT2D eigenvalue weighted by molar-refractivity contribution is 5.78. The minimum atomic E-state index is -1.10. The van der Waals surface area contributed by atoms with Crippen molar-refractivity contribution in [3.05, 3.63) is 24.3 Å². The smallest absolute Gasteiger partial charge is 0.327 e. The number of carbonyl (C=O) groups is 1. The van der Waals surface area contributed by atoms with Crippen LogP contribution < -0.4 is 14.8 Å². The molecule has 0 aromatic heterocycles. The van der Waals surface area contributed by atoms with Gasteiger partial charge in [-0.05, 0) is 38.9 Å². The summed E-state index contributed by atoms with van der Waals surface area (Å²) in [6, 6.07) is 7.19. The summed E-state index contributed by atoms with van der Waals surface area (Å²) in [7, 11) is 0. The molecule has 0 saturated heterocycles. The minimum absolute atomic E-state index is 0.0535. The molecule has 1 aromatic carbocycles. The number of benzene rings is 1. The average Bonchev–Trinajstić information content (AvgIpc) is 2.43. The lowest BCUT2D eigenvalue weighted by Crippen LogP contribution is -2.54. The van der Waals surface area contributed by atoms with Gasteiger partial charge in [0.05, 0.1) is 6.61 Å². The van der Waals surface area contributed by atoms with E-state index in [0.717, 1.165) is 6.42 Å². The number of ether oxygens (including phenoxy) is 2. The van der Waals surface area contributed by atoms with Crippen LogP contribution in [0.2, 0.25) is 0 Å². The van der Waals surface area contributed by atoms with E-state index in [2.05, 4.69) is 5.32 Å². The van der Waals surface area contributed by atoms with Gasteiger partial charge in [0.15, 0.2) is 0 Å². The number of rotatable bonds is 9. The van der Waals surface area contributed by atoms with Gasteiger partial charge >= 0.3 is 5.97 Å². The Morgan fingerprint density at radius 3 is 2.50 bits per heavy atom. The second-order valence-corrected chi connectivity index (χ2v) is 4.76. The van der Waals surface area contributed by atoms with Crippen LogP contribution in [0.25, 0.3) is 0 Å². The van der Waals surface area contributed by atoms with Crippen LogP contribution in [0.3, 0.4) is 0 Å². The molecule has 5 heteroatoms. The van der Waals surface area contributed by atoms with E-state index >= 15 is 0 Å². The van der Waals surface area contributed by atoms with E-state index in [1.807, 2.05) is 26.0 Å². The third-order valence-electron chi connectivity index (χ3n) is 2.88. The lowest BCUT2D eigenvalue weighted by atomic mass is 10.0. The van der Waals surface area contributed by atoms with Gasteiger partial charge < -0.3 is 14.6 Å². The quantitative estimate of drug-likeness (QED) is 0.727. The zero-order valence-corrected chi connectivity index (χ0v) is 12.3. The van der Waals surface area contributed by atoms with Crippen molar-refractivity contribution >= 4 is 5.97 Å². The number of hydrogen-bond acceptors (Lipinski definition) is 4. The van der Waals surface area contributed by atoms with E-state index in [1.54, 1.807) is 19.1 Å². The summed E-state index contributed by atoms with van der Waals surface area (Å²) in [5.74, 6) is 0.386. The van der Waals surface area contributed by atoms with Crippen LogP contribution >= 0.6 is 0 Å². The SMILES string of the molecule is CCCNC(C)(COc1cccc(OCC)c1)C(=O)O. The maximum Gasteiger partial charge on any atom is 0.327 e. The van der Waals surface area contributed by atoms with Crippen molar-refractivity contribution in [1.82, 2.24) is 5.32 Å². The number of hydrogen-bond donors (Lipinski definition) is 2. The molecule has 20 heavy (non-hydrogen) atoms. The fraction of sp³-hybridized carbons (Fsp3) is 0.533. The van der Waals surface area contributed by atoms with Gasteiger partial charge in [-0.1, -0.05) is 13.0 Å². The Balaban J connectivity index is 2.67. The first-order valence-corrected chi connectivity index (χ1v) is 6.86. The first kappa shape index (κ1) is 16.3. The first-order chi connectivity index (χ1) is 9.51. The second-order valence-electron chi connectivity index (χ2n) is 4.76. The third-order valence-corrected chi connectivity index (χ3v) is 2.88. The van der Waals surface area contributed by atoms with E-state index in [-0.39, 0.29) is 6.61 Å². The zero-order valence-electron chi connectivity index (χ0n) is 12.3.